The maximum Gasteiger partial charge on any atom is 0.240 e. The Morgan fingerprint density at radius 3 is 2.91 bits per heavy atom. The monoisotopic (exact) mass is 428 g/mol. The second-order valence-electron chi connectivity index (χ2n) is 7.92. The number of para-hydroxylation sites is 2. The summed E-state index contributed by atoms with van der Waals surface area (Å²) in [7, 11) is 0. The van der Waals surface area contributed by atoms with Gasteiger partial charge in [-0.2, -0.15) is 10.1 Å². The average molecular weight is 428 g/mol. The van der Waals surface area contributed by atoms with E-state index in [4.69, 9.17) is 16.2 Å². The predicted octanol–water partition coefficient (Wildman–Crippen LogP) is 2.91. The van der Waals surface area contributed by atoms with Crippen LogP contribution in [0.5, 0.6) is 11.5 Å². The number of H-pyrrole nitrogens is 1. The van der Waals surface area contributed by atoms with Gasteiger partial charge in [-0.15, -0.1) is 0 Å². The molecule has 2 aliphatic rings. The maximum atomic E-state index is 11.9. The molecule has 10 heteroatoms. The van der Waals surface area contributed by atoms with E-state index in [1.54, 1.807) is 0 Å². The molecule has 1 atom stereocenters. The SMILES string of the molecule is NC(=O)[C@H]1CCCN1c1cc(-c2cc3c4c(n[nH]c4c2)Nc2ccccc2O3)nc(N)n1. The number of benzene rings is 2. The summed E-state index contributed by atoms with van der Waals surface area (Å²) in [6.45, 7) is 0.684. The molecule has 1 saturated heterocycles. The quantitative estimate of drug-likeness (QED) is 0.343. The van der Waals surface area contributed by atoms with Crippen LogP contribution in [0.4, 0.5) is 23.3 Å². The lowest BCUT2D eigenvalue weighted by molar-refractivity contribution is -0.119. The summed E-state index contributed by atoms with van der Waals surface area (Å²) in [6, 6.07) is 13.0. The van der Waals surface area contributed by atoms with Gasteiger partial charge < -0.3 is 26.4 Å². The number of nitrogens with zero attached hydrogens (tertiary/aromatic N) is 4. The Morgan fingerprint density at radius 2 is 2.03 bits per heavy atom. The van der Waals surface area contributed by atoms with Crippen LogP contribution in [0.3, 0.4) is 0 Å². The van der Waals surface area contributed by atoms with E-state index in [9.17, 15) is 4.79 Å². The van der Waals surface area contributed by atoms with Crippen LogP contribution in [0, 0.1) is 0 Å². The highest BCUT2D eigenvalue weighted by atomic mass is 16.5. The van der Waals surface area contributed by atoms with E-state index in [-0.39, 0.29) is 11.9 Å². The van der Waals surface area contributed by atoms with Gasteiger partial charge in [0.1, 0.15) is 17.6 Å². The molecular formula is C22H20N8O2. The number of carbonyl (C=O) groups is 1. The molecule has 0 aliphatic carbocycles. The summed E-state index contributed by atoms with van der Waals surface area (Å²) in [4.78, 5) is 22.6. The summed E-state index contributed by atoms with van der Waals surface area (Å²) in [5, 5.41) is 11.6. The smallest absolute Gasteiger partial charge is 0.240 e. The summed E-state index contributed by atoms with van der Waals surface area (Å²) in [5.41, 5.74) is 14.7. The van der Waals surface area contributed by atoms with Crippen molar-refractivity contribution in [2.24, 2.45) is 5.73 Å². The van der Waals surface area contributed by atoms with E-state index in [0.29, 0.717) is 41.8 Å². The van der Waals surface area contributed by atoms with Crippen molar-refractivity contribution < 1.29 is 9.53 Å². The van der Waals surface area contributed by atoms with Gasteiger partial charge >= 0.3 is 0 Å². The number of primary amides is 1. The largest absolute Gasteiger partial charge is 0.454 e. The Hall–Kier alpha value is -4.34. The van der Waals surface area contributed by atoms with E-state index < -0.39 is 6.04 Å². The van der Waals surface area contributed by atoms with Crippen LogP contribution in [0.25, 0.3) is 22.2 Å². The third-order valence-corrected chi connectivity index (χ3v) is 5.89. The number of ether oxygens (including phenoxy) is 1. The highest BCUT2D eigenvalue weighted by Gasteiger charge is 2.30. The lowest BCUT2D eigenvalue weighted by Crippen LogP contribution is -2.40. The molecule has 6 rings (SSSR count). The van der Waals surface area contributed by atoms with Crippen LogP contribution in [0.15, 0.2) is 42.5 Å². The number of anilines is 4. The topological polar surface area (TPSA) is 148 Å². The summed E-state index contributed by atoms with van der Waals surface area (Å²) < 4.78 is 6.24. The fourth-order valence-electron chi connectivity index (χ4n) is 4.43. The molecule has 1 fully saturated rings. The normalized spacial score (nSPS) is 16.9. The Balaban J connectivity index is 1.47. The van der Waals surface area contributed by atoms with Crippen LogP contribution in [-0.2, 0) is 4.79 Å². The van der Waals surface area contributed by atoms with Gasteiger partial charge in [-0.25, -0.2) is 4.98 Å². The van der Waals surface area contributed by atoms with Gasteiger partial charge in [0.05, 0.1) is 22.3 Å². The summed E-state index contributed by atoms with van der Waals surface area (Å²) in [6.07, 6.45) is 1.56. The second-order valence-corrected chi connectivity index (χ2v) is 7.92. The van der Waals surface area contributed by atoms with Crippen molar-refractivity contribution in [3.05, 3.63) is 42.5 Å². The van der Waals surface area contributed by atoms with Crippen molar-refractivity contribution in [2.45, 2.75) is 18.9 Å². The molecule has 2 aromatic carbocycles. The minimum absolute atomic E-state index is 0.122. The highest BCUT2D eigenvalue weighted by Crippen LogP contribution is 2.44. The van der Waals surface area contributed by atoms with E-state index in [1.807, 2.05) is 47.4 Å². The van der Waals surface area contributed by atoms with Gasteiger partial charge in [0.25, 0.3) is 0 Å². The number of nitrogen functional groups attached to an aromatic ring is 1. The second kappa shape index (κ2) is 6.84. The van der Waals surface area contributed by atoms with Gasteiger partial charge in [0, 0.05) is 18.2 Å². The van der Waals surface area contributed by atoms with E-state index in [1.165, 1.54) is 0 Å². The average Bonchev–Trinajstić information content (AvgIpc) is 3.39. The van der Waals surface area contributed by atoms with Crippen LogP contribution >= 0.6 is 0 Å². The van der Waals surface area contributed by atoms with Crippen molar-refractivity contribution in [1.29, 1.82) is 0 Å². The molecule has 0 unspecified atom stereocenters. The number of nitrogens with two attached hydrogens (primary N) is 2. The zero-order valence-corrected chi connectivity index (χ0v) is 17.0. The van der Waals surface area contributed by atoms with Gasteiger partial charge in [0.2, 0.25) is 11.9 Å². The molecule has 0 saturated carbocycles. The van der Waals surface area contributed by atoms with Crippen molar-refractivity contribution in [3.63, 3.8) is 0 Å². The van der Waals surface area contributed by atoms with Crippen LogP contribution in [0.2, 0.25) is 0 Å². The van der Waals surface area contributed by atoms with Gasteiger partial charge in [0.15, 0.2) is 11.6 Å². The van der Waals surface area contributed by atoms with Crippen LogP contribution < -0.4 is 26.4 Å². The molecule has 4 aromatic rings. The van der Waals surface area contributed by atoms with Crippen LogP contribution in [-0.4, -0.2) is 38.7 Å². The fourth-order valence-corrected chi connectivity index (χ4v) is 4.43. The summed E-state index contributed by atoms with van der Waals surface area (Å²) in [5.74, 6) is 2.38. The number of aromatic amines is 1. The molecule has 2 aromatic heterocycles. The van der Waals surface area contributed by atoms with Gasteiger partial charge in [-0.05, 0) is 37.1 Å². The predicted molar refractivity (Wildman–Crippen MR) is 121 cm³/mol. The van der Waals surface area contributed by atoms with Gasteiger partial charge in [-0.1, -0.05) is 12.1 Å². The lowest BCUT2D eigenvalue weighted by atomic mass is 10.1. The molecule has 0 bridgehead atoms. The molecule has 0 spiro atoms. The van der Waals surface area contributed by atoms with Crippen molar-refractivity contribution >= 4 is 40.1 Å². The fraction of sp³-hybridized carbons (Fsp3) is 0.182. The first-order valence-electron chi connectivity index (χ1n) is 10.3. The van der Waals surface area contributed by atoms with Gasteiger partial charge in [-0.3, -0.25) is 9.89 Å². The van der Waals surface area contributed by atoms with E-state index in [0.717, 1.165) is 28.6 Å². The number of aromatic nitrogens is 4. The first-order valence-corrected chi connectivity index (χ1v) is 10.3. The van der Waals surface area contributed by atoms with Crippen molar-refractivity contribution in [3.8, 4) is 22.8 Å². The minimum atomic E-state index is -0.398. The number of hydrogen-bond donors (Lipinski definition) is 4. The third-order valence-electron chi connectivity index (χ3n) is 5.89. The number of rotatable bonds is 3. The van der Waals surface area contributed by atoms with Crippen molar-refractivity contribution in [2.75, 3.05) is 22.5 Å². The molecule has 2 aliphatic heterocycles. The Labute approximate surface area is 182 Å². The van der Waals surface area contributed by atoms with Crippen LogP contribution in [0.1, 0.15) is 12.8 Å². The number of fused-ring (bicyclic) bond motifs is 1. The number of hydrogen-bond acceptors (Lipinski definition) is 8. The lowest BCUT2D eigenvalue weighted by Gasteiger charge is -2.23. The molecule has 1 amide bonds. The van der Waals surface area contributed by atoms with Crippen molar-refractivity contribution in [1.82, 2.24) is 20.2 Å². The maximum absolute atomic E-state index is 11.9. The molecule has 10 nitrogen and oxygen atoms in total. The van der Waals surface area contributed by atoms with E-state index >= 15 is 0 Å². The molecule has 0 radical (unpaired) electrons. The molecule has 4 heterocycles. The van der Waals surface area contributed by atoms with E-state index in [2.05, 4.69) is 25.5 Å². The zero-order chi connectivity index (χ0) is 21.8. The molecular weight excluding hydrogens is 408 g/mol. The molecule has 6 N–H and O–H groups in total. The molecule has 160 valence electrons. The standard InChI is InChI=1S/C22H20N8O2/c23-20(31)15-5-3-7-30(15)18-10-13(26-22(24)27-18)11-8-14-19-17(9-11)32-16-6-2-1-4-12(16)25-21(19)29-28-14/h1-2,4,6,8-10,15H,3,5,7H2,(H2,23,31)(H2,24,26,27)(H2,25,28,29)/t15-/m1/s1. The molecule has 32 heavy (non-hydrogen) atoms. The third kappa shape index (κ3) is 2.88. The first kappa shape index (κ1) is 18.4. The Bertz CT molecular complexity index is 1380. The first-order chi connectivity index (χ1) is 15.6. The Morgan fingerprint density at radius 1 is 1.16 bits per heavy atom. The Kier molecular flexibility index (Phi) is 3.94. The number of amides is 1. The number of carbonyl (C=O) groups excluding carboxylic acids is 1. The highest BCUT2D eigenvalue weighted by molar-refractivity contribution is 6.00. The summed E-state index contributed by atoms with van der Waals surface area (Å²) >= 11 is 0. The number of nitrogens with one attached hydrogen (secondary N) is 2. The minimum Gasteiger partial charge on any atom is -0.454 e. The zero-order valence-electron chi connectivity index (χ0n) is 17.0.